The highest BCUT2D eigenvalue weighted by atomic mass is 16.2. The summed E-state index contributed by atoms with van der Waals surface area (Å²) in [4.78, 5) is 39.9. The average molecular weight is 406 g/mol. The number of hydrogen-bond acceptors (Lipinski definition) is 5. The van der Waals surface area contributed by atoms with Crippen molar-refractivity contribution in [3.8, 4) is 0 Å². The van der Waals surface area contributed by atoms with E-state index in [4.69, 9.17) is 0 Å². The highest BCUT2D eigenvalue weighted by Crippen LogP contribution is 2.31. The van der Waals surface area contributed by atoms with E-state index in [1.807, 2.05) is 4.90 Å². The number of nitrogens with zero attached hydrogens (tertiary/aromatic N) is 1. The van der Waals surface area contributed by atoms with Crippen molar-refractivity contribution in [1.82, 2.24) is 10.2 Å². The van der Waals surface area contributed by atoms with Gasteiger partial charge in [0.05, 0.1) is 0 Å². The molecule has 2 aliphatic rings. The first-order valence-corrected chi connectivity index (χ1v) is 9.62. The van der Waals surface area contributed by atoms with Gasteiger partial charge in [0.1, 0.15) is 11.4 Å². The normalized spacial score (nSPS) is 15.4. The summed E-state index contributed by atoms with van der Waals surface area (Å²) in [6.07, 6.45) is 2.00. The maximum absolute atomic E-state index is 13.2. The quantitative estimate of drug-likeness (QED) is 0.717. The number of anilines is 2. The van der Waals surface area contributed by atoms with Gasteiger partial charge in [-0.1, -0.05) is 31.7 Å². The molecule has 0 atom stereocenters. The van der Waals surface area contributed by atoms with Crippen LogP contribution in [0.25, 0.3) is 0 Å². The number of nitrogens with one attached hydrogen (secondary N) is 3. The minimum atomic E-state index is -0.311. The number of carbonyl (C=O) groups excluding carboxylic acids is 3. The molecule has 3 N–H and O–H groups in total. The van der Waals surface area contributed by atoms with Crippen molar-refractivity contribution in [2.75, 3.05) is 30.8 Å². The Morgan fingerprint density at radius 2 is 1.43 bits per heavy atom. The Hall–Kier alpha value is -3.61. The number of carbonyl (C=O) groups is 3. The Morgan fingerprint density at radius 3 is 2.03 bits per heavy atom. The Balaban J connectivity index is 0.00000256. The van der Waals surface area contributed by atoms with E-state index in [0.29, 0.717) is 33.9 Å². The molecule has 1 saturated heterocycles. The number of hydrogen-bond donors (Lipinski definition) is 3. The summed E-state index contributed by atoms with van der Waals surface area (Å²) < 4.78 is 0. The van der Waals surface area contributed by atoms with E-state index < -0.39 is 0 Å². The van der Waals surface area contributed by atoms with Crippen LogP contribution in [-0.2, 0) is 0 Å². The second-order valence-corrected chi connectivity index (χ2v) is 7.03. The third-order valence-electron chi connectivity index (χ3n) is 5.16. The zero-order chi connectivity index (χ0) is 20.4. The van der Waals surface area contributed by atoms with Crippen LogP contribution in [0.15, 0.2) is 59.9 Å². The van der Waals surface area contributed by atoms with Crippen LogP contribution in [0, 0.1) is 0 Å². The summed E-state index contributed by atoms with van der Waals surface area (Å²) in [6, 6.07) is 13.6. The molecule has 0 spiro atoms. The predicted molar refractivity (Wildman–Crippen MR) is 118 cm³/mol. The zero-order valence-corrected chi connectivity index (χ0v) is 16.1. The van der Waals surface area contributed by atoms with Crippen molar-refractivity contribution in [2.24, 2.45) is 0 Å². The molecule has 0 bridgehead atoms. The maximum atomic E-state index is 13.2. The van der Waals surface area contributed by atoms with Crippen molar-refractivity contribution in [1.29, 1.82) is 0 Å². The first kappa shape index (κ1) is 21.1. The summed E-state index contributed by atoms with van der Waals surface area (Å²) in [5.41, 5.74) is 2.91. The molecule has 1 aliphatic carbocycles. The molecule has 2 amide bonds. The van der Waals surface area contributed by atoms with Crippen LogP contribution in [0.5, 0.6) is 0 Å². The van der Waals surface area contributed by atoms with Crippen LogP contribution >= 0.6 is 0 Å². The third-order valence-corrected chi connectivity index (χ3v) is 5.16. The summed E-state index contributed by atoms with van der Waals surface area (Å²) >= 11 is 0. The van der Waals surface area contributed by atoms with Crippen LogP contribution < -0.4 is 16.0 Å². The standard InChI is InChI=1S/C22H22N4O3.CH4/c1-23-22(29)25-15-10-8-14(9-11-15)24-18-19(26-12-4-5-13-26)21(28)17-7-3-2-6-16(17)20(18)27;/h2-3,6-11,24H,4-5,12-13H2,1H3,(H2,23,25,29);1H4. The molecule has 0 saturated carbocycles. The summed E-state index contributed by atoms with van der Waals surface area (Å²) in [5, 5.41) is 8.34. The lowest BCUT2D eigenvalue weighted by atomic mass is 9.89. The molecule has 1 heterocycles. The molecular formula is C23H26N4O3. The van der Waals surface area contributed by atoms with Gasteiger partial charge in [-0.05, 0) is 37.1 Å². The first-order valence-electron chi connectivity index (χ1n) is 9.62. The summed E-state index contributed by atoms with van der Waals surface area (Å²) in [5.74, 6) is -0.308. The number of rotatable bonds is 4. The predicted octanol–water partition coefficient (Wildman–Crippen LogP) is 3.87. The number of fused-ring (bicyclic) bond motifs is 1. The van der Waals surface area contributed by atoms with Gasteiger partial charge in [0.2, 0.25) is 11.6 Å². The van der Waals surface area contributed by atoms with Crippen molar-refractivity contribution in [2.45, 2.75) is 20.3 Å². The van der Waals surface area contributed by atoms with E-state index in [0.717, 1.165) is 25.9 Å². The topological polar surface area (TPSA) is 90.5 Å². The lowest BCUT2D eigenvalue weighted by Gasteiger charge is -2.28. The Labute approximate surface area is 176 Å². The molecule has 7 nitrogen and oxygen atoms in total. The minimum absolute atomic E-state index is 0. The Morgan fingerprint density at radius 1 is 0.867 bits per heavy atom. The number of benzene rings is 2. The van der Waals surface area contributed by atoms with E-state index in [2.05, 4.69) is 16.0 Å². The summed E-state index contributed by atoms with van der Waals surface area (Å²) in [7, 11) is 1.54. The number of ketones is 2. The maximum Gasteiger partial charge on any atom is 0.318 e. The van der Waals surface area contributed by atoms with Crippen molar-refractivity contribution in [3.05, 3.63) is 71.1 Å². The van der Waals surface area contributed by atoms with Gasteiger partial charge in [-0.2, -0.15) is 0 Å². The fraction of sp³-hybridized carbons (Fsp3) is 0.261. The zero-order valence-electron chi connectivity index (χ0n) is 16.1. The molecule has 2 aromatic rings. The molecule has 1 aliphatic heterocycles. The minimum Gasteiger partial charge on any atom is -0.367 e. The van der Waals surface area contributed by atoms with Crippen LogP contribution in [0.1, 0.15) is 41.0 Å². The lowest BCUT2D eigenvalue weighted by Crippen LogP contribution is -2.35. The molecule has 2 aromatic carbocycles. The first-order chi connectivity index (χ1) is 14.1. The molecule has 156 valence electrons. The van der Waals surface area contributed by atoms with Gasteiger partial charge in [-0.25, -0.2) is 4.79 Å². The van der Waals surface area contributed by atoms with Gasteiger partial charge < -0.3 is 20.9 Å². The smallest absolute Gasteiger partial charge is 0.318 e. The molecular weight excluding hydrogens is 380 g/mol. The fourth-order valence-electron chi connectivity index (χ4n) is 3.70. The van der Waals surface area contributed by atoms with E-state index in [1.165, 1.54) is 0 Å². The molecule has 1 fully saturated rings. The van der Waals surface area contributed by atoms with Crippen molar-refractivity contribution >= 4 is 29.0 Å². The Kier molecular flexibility index (Phi) is 6.20. The molecule has 30 heavy (non-hydrogen) atoms. The van der Waals surface area contributed by atoms with E-state index in [1.54, 1.807) is 55.6 Å². The summed E-state index contributed by atoms with van der Waals surface area (Å²) in [6.45, 7) is 1.52. The van der Waals surface area contributed by atoms with Crippen LogP contribution in [0.4, 0.5) is 16.2 Å². The lowest BCUT2D eigenvalue weighted by molar-refractivity contribution is 0.0948. The van der Waals surface area contributed by atoms with E-state index >= 15 is 0 Å². The Bertz CT molecular complexity index is 1010. The van der Waals surface area contributed by atoms with E-state index in [-0.39, 0.29) is 25.0 Å². The highest BCUT2D eigenvalue weighted by molar-refractivity contribution is 6.27. The number of amides is 2. The van der Waals surface area contributed by atoms with Crippen LogP contribution in [0.2, 0.25) is 0 Å². The largest absolute Gasteiger partial charge is 0.367 e. The monoisotopic (exact) mass is 406 g/mol. The average Bonchev–Trinajstić information content (AvgIpc) is 3.27. The van der Waals surface area contributed by atoms with Gasteiger partial charge >= 0.3 is 6.03 Å². The number of Topliss-reactive ketones (excluding diaryl/α,β-unsaturated/α-hetero) is 2. The van der Waals surface area contributed by atoms with Crippen molar-refractivity contribution in [3.63, 3.8) is 0 Å². The van der Waals surface area contributed by atoms with Gasteiger partial charge in [-0.3, -0.25) is 9.59 Å². The van der Waals surface area contributed by atoms with Crippen molar-refractivity contribution < 1.29 is 14.4 Å². The van der Waals surface area contributed by atoms with Gasteiger partial charge in [0.25, 0.3) is 0 Å². The fourth-order valence-corrected chi connectivity index (χ4v) is 3.70. The number of urea groups is 1. The van der Waals surface area contributed by atoms with Gasteiger partial charge in [-0.15, -0.1) is 0 Å². The second-order valence-electron chi connectivity index (χ2n) is 7.03. The molecule has 0 unspecified atom stereocenters. The number of allylic oxidation sites excluding steroid dienone is 2. The number of likely N-dealkylation sites (tertiary alicyclic amines) is 1. The van der Waals surface area contributed by atoms with Crippen LogP contribution in [-0.4, -0.2) is 42.6 Å². The molecule has 0 aromatic heterocycles. The third kappa shape index (κ3) is 3.91. The van der Waals surface area contributed by atoms with Gasteiger partial charge in [0, 0.05) is 42.6 Å². The second kappa shape index (κ2) is 8.82. The van der Waals surface area contributed by atoms with E-state index in [9.17, 15) is 14.4 Å². The SMILES string of the molecule is C.CNC(=O)Nc1ccc(NC2=C(N3CCCC3)C(=O)c3ccccc3C2=O)cc1. The highest BCUT2D eigenvalue weighted by Gasteiger charge is 2.36. The molecule has 4 rings (SSSR count). The molecule has 0 radical (unpaired) electrons. The molecule has 7 heteroatoms. The van der Waals surface area contributed by atoms with Crippen LogP contribution in [0.3, 0.4) is 0 Å². The van der Waals surface area contributed by atoms with Gasteiger partial charge in [0.15, 0.2) is 0 Å².